The molecule has 0 saturated heterocycles. The number of benzene rings is 1. The molecule has 1 aromatic carbocycles. The molecule has 0 aliphatic heterocycles. The third-order valence-electron chi connectivity index (χ3n) is 4.11. The van der Waals surface area contributed by atoms with E-state index in [-0.39, 0.29) is 0 Å². The van der Waals surface area contributed by atoms with Crippen LogP contribution in [-0.4, -0.2) is 24.0 Å². The minimum atomic E-state index is 0.726. The van der Waals surface area contributed by atoms with Crippen molar-refractivity contribution >= 4 is 11.0 Å². The van der Waals surface area contributed by atoms with Crippen molar-refractivity contribution in [3.05, 3.63) is 48.2 Å². The van der Waals surface area contributed by atoms with Crippen LogP contribution < -0.4 is 5.32 Å². The van der Waals surface area contributed by atoms with E-state index in [9.17, 15) is 0 Å². The molecule has 3 nitrogen and oxygen atoms in total. The van der Waals surface area contributed by atoms with Gasteiger partial charge in [0.15, 0.2) is 0 Å². The van der Waals surface area contributed by atoms with E-state index >= 15 is 0 Å². The lowest BCUT2D eigenvalue weighted by molar-refractivity contribution is 0.281. The monoisotopic (exact) mass is 284 g/mol. The molecule has 1 heterocycles. The number of furan rings is 1. The van der Waals surface area contributed by atoms with Crippen LogP contribution in [0.4, 0.5) is 0 Å². The second-order valence-electron chi connectivity index (χ2n) is 5.73. The first-order chi connectivity index (χ1) is 10.3. The molecule has 0 radical (unpaired) electrons. The van der Waals surface area contributed by atoms with Gasteiger partial charge < -0.3 is 9.73 Å². The number of rotatable bonds is 8. The van der Waals surface area contributed by atoms with Crippen LogP contribution in [0.25, 0.3) is 11.0 Å². The molecule has 112 valence electrons. The maximum atomic E-state index is 6.07. The van der Waals surface area contributed by atoms with Crippen LogP contribution in [0.5, 0.6) is 0 Å². The van der Waals surface area contributed by atoms with Gasteiger partial charge >= 0.3 is 0 Å². The smallest absolute Gasteiger partial charge is 0.134 e. The number of nitrogens with zero attached hydrogens (tertiary/aromatic N) is 1. The first kappa shape index (κ1) is 14.4. The van der Waals surface area contributed by atoms with Gasteiger partial charge in [0, 0.05) is 30.1 Å². The lowest BCUT2D eigenvalue weighted by Gasteiger charge is -2.20. The summed E-state index contributed by atoms with van der Waals surface area (Å²) < 4.78 is 6.07. The molecule has 2 aromatic rings. The molecule has 1 aromatic heterocycles. The van der Waals surface area contributed by atoms with Gasteiger partial charge in [-0.3, -0.25) is 4.90 Å². The quantitative estimate of drug-likeness (QED) is 0.749. The maximum absolute atomic E-state index is 6.07. The number of para-hydroxylation sites is 1. The highest BCUT2D eigenvalue weighted by atomic mass is 16.3. The molecule has 0 spiro atoms. The zero-order valence-corrected chi connectivity index (χ0v) is 12.8. The van der Waals surface area contributed by atoms with Gasteiger partial charge in [-0.15, -0.1) is 6.58 Å². The van der Waals surface area contributed by atoms with Gasteiger partial charge in [0.1, 0.15) is 11.3 Å². The standard InChI is InChI=1S/C18H24N2O/c1-3-11-20(14-9-10-14)13-16-15-7-5-6-8-17(15)21-18(16)12-19-4-2/h3,5-8,14,19H,1,4,9-13H2,2H3. The van der Waals surface area contributed by atoms with E-state index in [1.54, 1.807) is 0 Å². The SMILES string of the molecule is C=CCN(Cc1c(CNCC)oc2ccccc12)C1CC1. The van der Waals surface area contributed by atoms with Crippen LogP contribution in [0.15, 0.2) is 41.3 Å². The van der Waals surface area contributed by atoms with Crippen LogP contribution in [-0.2, 0) is 13.1 Å². The Hall–Kier alpha value is -1.58. The van der Waals surface area contributed by atoms with Crippen LogP contribution in [0.3, 0.4) is 0 Å². The molecule has 0 amide bonds. The van der Waals surface area contributed by atoms with E-state index in [0.717, 1.165) is 43.6 Å². The van der Waals surface area contributed by atoms with E-state index in [1.807, 2.05) is 12.1 Å². The average Bonchev–Trinajstić information content (AvgIpc) is 3.29. The van der Waals surface area contributed by atoms with Crippen LogP contribution >= 0.6 is 0 Å². The molecule has 0 unspecified atom stereocenters. The van der Waals surface area contributed by atoms with Crippen molar-refractivity contribution in [3.63, 3.8) is 0 Å². The van der Waals surface area contributed by atoms with Gasteiger partial charge in [0.25, 0.3) is 0 Å². The molecule has 1 saturated carbocycles. The van der Waals surface area contributed by atoms with Gasteiger partial charge in [-0.25, -0.2) is 0 Å². The van der Waals surface area contributed by atoms with Gasteiger partial charge in [-0.05, 0) is 25.5 Å². The van der Waals surface area contributed by atoms with Crippen molar-refractivity contribution in [2.45, 2.75) is 38.9 Å². The third-order valence-corrected chi connectivity index (χ3v) is 4.11. The summed E-state index contributed by atoms with van der Waals surface area (Å²) in [6.45, 7) is 9.67. The maximum Gasteiger partial charge on any atom is 0.134 e. The predicted octanol–water partition coefficient (Wildman–Crippen LogP) is 3.69. The molecule has 1 aliphatic carbocycles. The number of hydrogen-bond acceptors (Lipinski definition) is 3. The molecule has 3 heteroatoms. The fourth-order valence-electron chi connectivity index (χ4n) is 2.86. The fraction of sp³-hybridized carbons (Fsp3) is 0.444. The molecule has 21 heavy (non-hydrogen) atoms. The first-order valence-corrected chi connectivity index (χ1v) is 7.88. The summed E-state index contributed by atoms with van der Waals surface area (Å²) in [6, 6.07) is 9.08. The lowest BCUT2D eigenvalue weighted by atomic mass is 10.1. The number of hydrogen-bond donors (Lipinski definition) is 1. The summed E-state index contributed by atoms with van der Waals surface area (Å²) in [5.74, 6) is 1.08. The molecule has 3 rings (SSSR count). The highest BCUT2D eigenvalue weighted by molar-refractivity contribution is 5.82. The zero-order valence-electron chi connectivity index (χ0n) is 12.8. The van der Waals surface area contributed by atoms with E-state index in [1.165, 1.54) is 23.8 Å². The van der Waals surface area contributed by atoms with Crippen molar-refractivity contribution in [1.29, 1.82) is 0 Å². The summed E-state index contributed by atoms with van der Waals surface area (Å²) >= 11 is 0. The third kappa shape index (κ3) is 3.20. The van der Waals surface area contributed by atoms with E-state index in [2.05, 4.69) is 41.9 Å². The van der Waals surface area contributed by atoms with Crippen molar-refractivity contribution in [1.82, 2.24) is 10.2 Å². The Balaban J connectivity index is 1.91. The van der Waals surface area contributed by atoms with Gasteiger partial charge in [-0.1, -0.05) is 31.2 Å². The zero-order chi connectivity index (χ0) is 14.7. The molecule has 0 bridgehead atoms. The molecule has 0 atom stereocenters. The van der Waals surface area contributed by atoms with Gasteiger partial charge in [0.2, 0.25) is 0 Å². The lowest BCUT2D eigenvalue weighted by Crippen LogP contribution is -2.26. The molecular formula is C18H24N2O. The summed E-state index contributed by atoms with van der Waals surface area (Å²) in [7, 11) is 0. The summed E-state index contributed by atoms with van der Waals surface area (Å²) in [6.07, 6.45) is 4.63. The average molecular weight is 284 g/mol. The van der Waals surface area contributed by atoms with Crippen LogP contribution in [0.2, 0.25) is 0 Å². The normalized spacial score (nSPS) is 15.0. The Morgan fingerprint density at radius 1 is 1.38 bits per heavy atom. The summed E-state index contributed by atoms with van der Waals surface area (Å²) in [5, 5.41) is 4.63. The highest BCUT2D eigenvalue weighted by Gasteiger charge is 2.29. The second kappa shape index (κ2) is 6.46. The number of fused-ring (bicyclic) bond motifs is 1. The highest BCUT2D eigenvalue weighted by Crippen LogP contribution is 2.32. The Labute approximate surface area is 126 Å². The van der Waals surface area contributed by atoms with Crippen molar-refractivity contribution in [3.8, 4) is 0 Å². The van der Waals surface area contributed by atoms with E-state index < -0.39 is 0 Å². The summed E-state index contributed by atoms with van der Waals surface area (Å²) in [4.78, 5) is 2.51. The Morgan fingerprint density at radius 2 is 2.19 bits per heavy atom. The molecule has 1 fully saturated rings. The summed E-state index contributed by atoms with van der Waals surface area (Å²) in [5.41, 5.74) is 2.33. The van der Waals surface area contributed by atoms with Crippen molar-refractivity contribution in [2.75, 3.05) is 13.1 Å². The van der Waals surface area contributed by atoms with Crippen LogP contribution in [0, 0.1) is 0 Å². The predicted molar refractivity (Wildman–Crippen MR) is 87.2 cm³/mol. The molecule has 1 aliphatic rings. The first-order valence-electron chi connectivity index (χ1n) is 7.88. The number of nitrogens with one attached hydrogen (secondary N) is 1. The van der Waals surface area contributed by atoms with Crippen LogP contribution in [0.1, 0.15) is 31.1 Å². The Morgan fingerprint density at radius 3 is 2.90 bits per heavy atom. The fourth-order valence-corrected chi connectivity index (χ4v) is 2.86. The minimum absolute atomic E-state index is 0.726. The molecular weight excluding hydrogens is 260 g/mol. The van der Waals surface area contributed by atoms with Crippen molar-refractivity contribution < 1.29 is 4.42 Å². The van der Waals surface area contributed by atoms with Gasteiger partial charge in [-0.2, -0.15) is 0 Å². The van der Waals surface area contributed by atoms with Gasteiger partial charge in [0.05, 0.1) is 6.54 Å². The largest absolute Gasteiger partial charge is 0.459 e. The van der Waals surface area contributed by atoms with Crippen molar-refractivity contribution in [2.24, 2.45) is 0 Å². The minimum Gasteiger partial charge on any atom is -0.459 e. The van der Waals surface area contributed by atoms with E-state index in [0.29, 0.717) is 0 Å². The molecule has 1 N–H and O–H groups in total. The topological polar surface area (TPSA) is 28.4 Å². The van der Waals surface area contributed by atoms with E-state index in [4.69, 9.17) is 4.42 Å². The second-order valence-corrected chi connectivity index (χ2v) is 5.73. The Bertz CT molecular complexity index is 613. The Kier molecular flexibility index (Phi) is 4.42.